The SMILES string of the molecule is CC1CCC(CNCc2ccc(S(=O)(=O)N(C)C)o2)C1. The van der Waals surface area contributed by atoms with Crippen LogP contribution >= 0.6 is 0 Å². The van der Waals surface area contributed by atoms with Crippen molar-refractivity contribution >= 4 is 10.0 Å². The van der Waals surface area contributed by atoms with Crippen molar-refractivity contribution in [3.8, 4) is 0 Å². The summed E-state index contributed by atoms with van der Waals surface area (Å²) in [6.07, 6.45) is 3.89. The molecule has 1 saturated carbocycles. The minimum Gasteiger partial charge on any atom is -0.447 e. The molecule has 5 nitrogen and oxygen atoms in total. The quantitative estimate of drug-likeness (QED) is 0.873. The molecule has 0 aliphatic heterocycles. The summed E-state index contributed by atoms with van der Waals surface area (Å²) in [5.74, 6) is 2.24. The number of nitrogens with zero attached hydrogens (tertiary/aromatic N) is 1. The van der Waals surface area contributed by atoms with Gasteiger partial charge in [-0.05, 0) is 43.4 Å². The van der Waals surface area contributed by atoms with E-state index in [1.165, 1.54) is 39.4 Å². The molecular formula is C14H24N2O3S. The van der Waals surface area contributed by atoms with Crippen LogP contribution in [0.4, 0.5) is 0 Å². The molecule has 2 rings (SSSR count). The van der Waals surface area contributed by atoms with Gasteiger partial charge in [0.2, 0.25) is 5.09 Å². The van der Waals surface area contributed by atoms with Gasteiger partial charge in [-0.3, -0.25) is 0 Å². The lowest BCUT2D eigenvalue weighted by molar-refractivity contribution is 0.380. The van der Waals surface area contributed by atoms with Gasteiger partial charge >= 0.3 is 0 Å². The summed E-state index contributed by atoms with van der Waals surface area (Å²) in [4.78, 5) is 0. The van der Waals surface area contributed by atoms with E-state index in [2.05, 4.69) is 12.2 Å². The van der Waals surface area contributed by atoms with Gasteiger partial charge in [0.05, 0.1) is 6.54 Å². The Bertz CT molecular complexity index is 536. The molecule has 114 valence electrons. The summed E-state index contributed by atoms with van der Waals surface area (Å²) in [6, 6.07) is 3.24. The van der Waals surface area contributed by atoms with E-state index in [4.69, 9.17) is 4.42 Å². The van der Waals surface area contributed by atoms with Crippen molar-refractivity contribution in [2.45, 2.75) is 37.8 Å². The number of furan rings is 1. The standard InChI is InChI=1S/C14H24N2O3S/c1-11-4-5-12(8-11)9-15-10-13-6-7-14(19-13)20(17,18)16(2)3/h6-7,11-12,15H,4-5,8-10H2,1-3H3. The Hall–Kier alpha value is -0.850. The van der Waals surface area contributed by atoms with Crippen LogP contribution in [0.1, 0.15) is 31.9 Å². The van der Waals surface area contributed by atoms with Crippen LogP contribution < -0.4 is 5.32 Å². The highest BCUT2D eigenvalue weighted by molar-refractivity contribution is 7.88. The van der Waals surface area contributed by atoms with Crippen LogP contribution in [0.15, 0.2) is 21.6 Å². The van der Waals surface area contributed by atoms with E-state index in [1.54, 1.807) is 6.07 Å². The van der Waals surface area contributed by atoms with Crippen LogP contribution in [0.3, 0.4) is 0 Å². The fourth-order valence-corrected chi connectivity index (χ4v) is 3.49. The van der Waals surface area contributed by atoms with E-state index >= 15 is 0 Å². The Morgan fingerprint density at radius 3 is 2.70 bits per heavy atom. The maximum atomic E-state index is 11.9. The molecule has 1 aliphatic carbocycles. The van der Waals surface area contributed by atoms with Crippen molar-refractivity contribution in [2.24, 2.45) is 11.8 Å². The summed E-state index contributed by atoms with van der Waals surface area (Å²) >= 11 is 0. The van der Waals surface area contributed by atoms with Crippen molar-refractivity contribution < 1.29 is 12.8 Å². The molecule has 1 aliphatic rings. The molecule has 0 aromatic carbocycles. The Morgan fingerprint density at radius 2 is 2.10 bits per heavy atom. The smallest absolute Gasteiger partial charge is 0.275 e. The zero-order valence-corrected chi connectivity index (χ0v) is 13.2. The summed E-state index contributed by atoms with van der Waals surface area (Å²) in [6.45, 7) is 3.85. The van der Waals surface area contributed by atoms with Gasteiger partial charge in [-0.25, -0.2) is 12.7 Å². The zero-order chi connectivity index (χ0) is 14.8. The average Bonchev–Trinajstić information content (AvgIpc) is 2.99. The molecule has 0 amide bonds. The Morgan fingerprint density at radius 1 is 1.35 bits per heavy atom. The number of sulfonamides is 1. The summed E-state index contributed by atoms with van der Waals surface area (Å²) in [5, 5.41) is 3.36. The molecule has 1 aromatic heterocycles. The maximum Gasteiger partial charge on any atom is 0.275 e. The lowest BCUT2D eigenvalue weighted by Gasteiger charge is -2.10. The average molecular weight is 300 g/mol. The van der Waals surface area contributed by atoms with E-state index in [-0.39, 0.29) is 5.09 Å². The minimum atomic E-state index is -3.47. The summed E-state index contributed by atoms with van der Waals surface area (Å²) in [7, 11) is -0.471. The second-order valence-corrected chi connectivity index (χ2v) is 8.01. The van der Waals surface area contributed by atoms with Crippen LogP contribution in [0.5, 0.6) is 0 Å². The molecule has 0 bridgehead atoms. The monoisotopic (exact) mass is 300 g/mol. The summed E-state index contributed by atoms with van der Waals surface area (Å²) in [5.41, 5.74) is 0. The van der Waals surface area contributed by atoms with Crippen LogP contribution in [0.2, 0.25) is 0 Å². The lowest BCUT2D eigenvalue weighted by Crippen LogP contribution is -2.22. The van der Waals surface area contributed by atoms with Gasteiger partial charge in [0, 0.05) is 14.1 Å². The first-order valence-corrected chi connectivity index (χ1v) is 8.55. The largest absolute Gasteiger partial charge is 0.447 e. The predicted molar refractivity (Wildman–Crippen MR) is 77.8 cm³/mol. The van der Waals surface area contributed by atoms with Gasteiger partial charge in [-0.1, -0.05) is 13.3 Å². The van der Waals surface area contributed by atoms with Gasteiger partial charge in [-0.15, -0.1) is 0 Å². The molecule has 20 heavy (non-hydrogen) atoms. The number of hydrogen-bond acceptors (Lipinski definition) is 4. The fraction of sp³-hybridized carbons (Fsp3) is 0.714. The molecule has 1 fully saturated rings. The minimum absolute atomic E-state index is 0.00814. The van der Waals surface area contributed by atoms with Gasteiger partial charge in [0.15, 0.2) is 0 Å². The molecule has 2 atom stereocenters. The fourth-order valence-electron chi connectivity index (χ4n) is 2.68. The van der Waals surface area contributed by atoms with E-state index < -0.39 is 10.0 Å². The Balaban J connectivity index is 1.84. The second-order valence-electron chi connectivity index (χ2n) is 5.92. The topological polar surface area (TPSA) is 62.6 Å². The van der Waals surface area contributed by atoms with Crippen molar-refractivity contribution in [3.05, 3.63) is 17.9 Å². The highest BCUT2D eigenvalue weighted by atomic mass is 32.2. The van der Waals surface area contributed by atoms with Crippen LogP contribution in [-0.4, -0.2) is 33.4 Å². The zero-order valence-electron chi connectivity index (χ0n) is 12.4. The van der Waals surface area contributed by atoms with Crippen molar-refractivity contribution in [2.75, 3.05) is 20.6 Å². The second kappa shape index (κ2) is 6.28. The third-order valence-electron chi connectivity index (χ3n) is 3.91. The molecule has 1 heterocycles. The molecule has 1 N–H and O–H groups in total. The normalized spacial score (nSPS) is 23.6. The molecule has 0 saturated heterocycles. The van der Waals surface area contributed by atoms with Crippen LogP contribution in [0.25, 0.3) is 0 Å². The molecule has 0 radical (unpaired) electrons. The Kier molecular flexibility index (Phi) is 4.88. The van der Waals surface area contributed by atoms with Crippen LogP contribution in [-0.2, 0) is 16.6 Å². The first-order valence-electron chi connectivity index (χ1n) is 7.11. The molecule has 6 heteroatoms. The van der Waals surface area contributed by atoms with Gasteiger partial charge in [-0.2, -0.15) is 0 Å². The number of rotatable bonds is 6. The summed E-state index contributed by atoms with van der Waals surface area (Å²) < 4.78 is 30.3. The first-order chi connectivity index (χ1) is 9.39. The molecule has 1 aromatic rings. The van der Waals surface area contributed by atoms with Crippen LogP contribution in [0, 0.1) is 11.8 Å². The highest BCUT2D eigenvalue weighted by Gasteiger charge is 2.22. The van der Waals surface area contributed by atoms with Gasteiger partial charge < -0.3 is 9.73 Å². The lowest BCUT2D eigenvalue weighted by atomic mass is 10.1. The third kappa shape index (κ3) is 3.62. The van der Waals surface area contributed by atoms with Crippen molar-refractivity contribution in [1.29, 1.82) is 0 Å². The Labute approximate surface area is 121 Å². The van der Waals surface area contributed by atoms with Crippen molar-refractivity contribution in [1.82, 2.24) is 9.62 Å². The predicted octanol–water partition coefficient (Wildman–Crippen LogP) is 2.06. The van der Waals surface area contributed by atoms with E-state index in [9.17, 15) is 8.42 Å². The number of nitrogens with one attached hydrogen (secondary N) is 1. The third-order valence-corrected chi connectivity index (χ3v) is 5.60. The van der Waals surface area contributed by atoms with Gasteiger partial charge in [0.1, 0.15) is 5.76 Å². The van der Waals surface area contributed by atoms with E-state index in [0.29, 0.717) is 12.3 Å². The first kappa shape index (κ1) is 15.5. The molecular weight excluding hydrogens is 276 g/mol. The molecule has 2 unspecified atom stereocenters. The van der Waals surface area contributed by atoms with Crippen molar-refractivity contribution in [3.63, 3.8) is 0 Å². The highest BCUT2D eigenvalue weighted by Crippen LogP contribution is 2.29. The number of hydrogen-bond donors (Lipinski definition) is 1. The van der Waals surface area contributed by atoms with E-state index in [1.807, 2.05) is 0 Å². The maximum absolute atomic E-state index is 11.9. The van der Waals surface area contributed by atoms with E-state index in [0.717, 1.165) is 22.7 Å². The molecule has 0 spiro atoms. The van der Waals surface area contributed by atoms with Gasteiger partial charge in [0.25, 0.3) is 10.0 Å².